The molecule has 42 heavy (non-hydrogen) atoms. The number of halogens is 3. The van der Waals surface area contributed by atoms with Crippen LogP contribution >= 0.6 is 39.1 Å². The van der Waals surface area contributed by atoms with Gasteiger partial charge in [0.15, 0.2) is 11.6 Å². The standard InChI is InChI=1S/C32H28BrCl2N3O4/c33-27-10-5-4-7-22(27)20-32(31(40)38-37-24-8-2-1-3-9-24)29(26-16-13-23(34)19-28(26)35)42-30(36-32)21-11-14-25(15-12-21)41-18-6-17-39/h1-5,7-16,19,29,37,39H,6,17-18,20H2,(H,38,40)/t29-,32-/m0/s1. The van der Waals surface area contributed by atoms with E-state index in [0.717, 1.165) is 10.0 Å². The number of para-hydroxylation sites is 1. The lowest BCUT2D eigenvalue weighted by molar-refractivity contribution is -0.128. The van der Waals surface area contributed by atoms with Gasteiger partial charge in [-0.1, -0.05) is 81.6 Å². The van der Waals surface area contributed by atoms with Gasteiger partial charge in [-0.05, 0) is 60.2 Å². The van der Waals surface area contributed by atoms with Gasteiger partial charge in [0.05, 0.1) is 12.3 Å². The number of carbonyl (C=O) groups is 1. The maximum atomic E-state index is 14.3. The predicted molar refractivity (Wildman–Crippen MR) is 169 cm³/mol. The Morgan fingerprint density at radius 2 is 1.74 bits per heavy atom. The van der Waals surface area contributed by atoms with Crippen molar-refractivity contribution in [3.05, 3.63) is 128 Å². The van der Waals surface area contributed by atoms with Crippen molar-refractivity contribution < 1.29 is 19.4 Å². The molecule has 1 amide bonds. The zero-order valence-corrected chi connectivity index (χ0v) is 25.5. The van der Waals surface area contributed by atoms with E-state index in [4.69, 9.17) is 42.8 Å². The number of anilines is 1. The van der Waals surface area contributed by atoms with Crippen LogP contribution in [0.2, 0.25) is 10.0 Å². The van der Waals surface area contributed by atoms with Gasteiger partial charge < -0.3 is 14.6 Å². The second-order valence-electron chi connectivity index (χ2n) is 9.67. The third-order valence-corrected chi connectivity index (χ3v) is 8.12. The Hall–Kier alpha value is -3.56. The number of amides is 1. The molecule has 1 aliphatic heterocycles. The van der Waals surface area contributed by atoms with Gasteiger partial charge in [0.2, 0.25) is 5.90 Å². The summed E-state index contributed by atoms with van der Waals surface area (Å²) in [6.07, 6.45) is -0.154. The third kappa shape index (κ3) is 6.73. The number of aliphatic imine (C=N–C) groups is 1. The van der Waals surface area contributed by atoms with Crippen LogP contribution in [0.15, 0.2) is 107 Å². The highest BCUT2D eigenvalue weighted by molar-refractivity contribution is 9.10. The van der Waals surface area contributed by atoms with Gasteiger partial charge >= 0.3 is 0 Å². The summed E-state index contributed by atoms with van der Waals surface area (Å²) in [6.45, 7) is 0.451. The van der Waals surface area contributed by atoms with Crippen molar-refractivity contribution in [2.24, 2.45) is 4.99 Å². The fourth-order valence-electron chi connectivity index (χ4n) is 4.66. The summed E-state index contributed by atoms with van der Waals surface area (Å²) in [5.41, 5.74) is 7.22. The summed E-state index contributed by atoms with van der Waals surface area (Å²) < 4.78 is 13.1. The normalized spacial score (nSPS) is 17.7. The van der Waals surface area contributed by atoms with Crippen molar-refractivity contribution in [1.29, 1.82) is 0 Å². The van der Waals surface area contributed by atoms with Crippen LogP contribution < -0.4 is 15.6 Å². The highest BCUT2D eigenvalue weighted by atomic mass is 79.9. The molecule has 0 spiro atoms. The van der Waals surface area contributed by atoms with E-state index in [1.807, 2.05) is 66.7 Å². The van der Waals surface area contributed by atoms with Crippen LogP contribution in [0.3, 0.4) is 0 Å². The van der Waals surface area contributed by atoms with E-state index in [9.17, 15) is 4.79 Å². The van der Waals surface area contributed by atoms with E-state index in [0.29, 0.717) is 45.6 Å². The number of nitrogens with zero attached hydrogens (tertiary/aromatic N) is 1. The molecule has 0 saturated heterocycles. The number of rotatable bonds is 11. The fourth-order valence-corrected chi connectivity index (χ4v) is 5.60. The summed E-state index contributed by atoms with van der Waals surface area (Å²) in [5, 5.41) is 9.86. The fraction of sp³-hybridized carbons (Fsp3) is 0.188. The topological polar surface area (TPSA) is 92.2 Å². The highest BCUT2D eigenvalue weighted by Crippen LogP contribution is 2.45. The van der Waals surface area contributed by atoms with Crippen molar-refractivity contribution >= 4 is 56.6 Å². The van der Waals surface area contributed by atoms with E-state index in [1.54, 1.807) is 30.3 Å². The molecule has 1 heterocycles. The molecule has 5 rings (SSSR count). The number of hydrazine groups is 1. The van der Waals surface area contributed by atoms with E-state index in [-0.39, 0.29) is 18.9 Å². The number of hydrogen-bond acceptors (Lipinski definition) is 6. The van der Waals surface area contributed by atoms with Gasteiger partial charge in [-0.2, -0.15) is 0 Å². The Bertz CT molecular complexity index is 1570. The smallest absolute Gasteiger partial charge is 0.270 e. The van der Waals surface area contributed by atoms with Crippen LogP contribution in [-0.2, 0) is 16.0 Å². The van der Waals surface area contributed by atoms with Crippen molar-refractivity contribution in [3.63, 3.8) is 0 Å². The lowest BCUT2D eigenvalue weighted by Gasteiger charge is -2.31. The van der Waals surface area contributed by atoms with E-state index in [1.165, 1.54) is 0 Å². The summed E-state index contributed by atoms with van der Waals surface area (Å²) in [5.74, 6) is 0.527. The van der Waals surface area contributed by atoms with Crippen LogP contribution in [0.25, 0.3) is 0 Å². The van der Waals surface area contributed by atoms with E-state index in [2.05, 4.69) is 26.8 Å². The minimum absolute atomic E-state index is 0.0538. The van der Waals surface area contributed by atoms with Crippen LogP contribution in [0.1, 0.15) is 29.2 Å². The maximum absolute atomic E-state index is 14.3. The van der Waals surface area contributed by atoms with Gasteiger partial charge in [-0.3, -0.25) is 15.6 Å². The molecule has 0 aliphatic carbocycles. The Kier molecular flexibility index (Phi) is 9.69. The average Bonchev–Trinajstić information content (AvgIpc) is 3.38. The summed E-state index contributed by atoms with van der Waals surface area (Å²) >= 11 is 16.6. The van der Waals surface area contributed by atoms with E-state index >= 15 is 0 Å². The molecule has 7 nitrogen and oxygen atoms in total. The number of aliphatic hydroxyl groups excluding tert-OH is 1. The van der Waals surface area contributed by atoms with Gasteiger partial charge in [-0.15, -0.1) is 0 Å². The third-order valence-electron chi connectivity index (χ3n) is 6.79. The van der Waals surface area contributed by atoms with Crippen molar-refractivity contribution in [3.8, 4) is 5.75 Å². The SMILES string of the molecule is O=C(NNc1ccccc1)[C@@]1(Cc2ccccc2Br)N=C(c2ccc(OCCCO)cc2)O[C@H]1c1ccc(Cl)cc1Cl. The van der Waals surface area contributed by atoms with Crippen LogP contribution in [0, 0.1) is 0 Å². The number of aliphatic hydroxyl groups is 1. The first-order chi connectivity index (χ1) is 20.4. The summed E-state index contributed by atoms with van der Waals surface area (Å²) in [7, 11) is 0. The molecule has 0 saturated carbocycles. The molecule has 0 radical (unpaired) electrons. The first-order valence-electron chi connectivity index (χ1n) is 13.3. The lowest BCUT2D eigenvalue weighted by atomic mass is 9.82. The van der Waals surface area contributed by atoms with Crippen LogP contribution in [0.5, 0.6) is 5.75 Å². The summed E-state index contributed by atoms with van der Waals surface area (Å²) in [4.78, 5) is 19.3. The molecular weight excluding hydrogens is 641 g/mol. The number of carbonyl (C=O) groups excluding carboxylic acids is 1. The molecule has 10 heteroatoms. The first kappa shape index (κ1) is 29.9. The highest BCUT2D eigenvalue weighted by Gasteiger charge is 2.54. The van der Waals surface area contributed by atoms with Crippen LogP contribution in [0.4, 0.5) is 5.69 Å². The molecule has 4 aromatic rings. The molecular formula is C32H28BrCl2N3O4. The number of benzene rings is 4. The lowest BCUT2D eigenvalue weighted by Crippen LogP contribution is -2.51. The first-order valence-corrected chi connectivity index (χ1v) is 14.8. The Labute approximate surface area is 262 Å². The number of ether oxygens (including phenoxy) is 2. The Balaban J connectivity index is 1.59. The number of hydrogen-bond donors (Lipinski definition) is 3. The molecule has 3 N–H and O–H groups in total. The molecule has 0 aromatic heterocycles. The van der Waals surface area contributed by atoms with E-state index < -0.39 is 17.6 Å². The zero-order valence-electron chi connectivity index (χ0n) is 22.4. The Morgan fingerprint density at radius 3 is 2.45 bits per heavy atom. The molecule has 0 fully saturated rings. The van der Waals surface area contributed by atoms with Crippen molar-refractivity contribution in [2.75, 3.05) is 18.6 Å². The second kappa shape index (κ2) is 13.6. The van der Waals surface area contributed by atoms with Crippen LogP contribution in [-0.4, -0.2) is 35.7 Å². The molecule has 216 valence electrons. The molecule has 4 aromatic carbocycles. The monoisotopic (exact) mass is 667 g/mol. The largest absolute Gasteiger partial charge is 0.494 e. The second-order valence-corrected chi connectivity index (χ2v) is 11.4. The van der Waals surface area contributed by atoms with Gasteiger partial charge in [0.1, 0.15) is 5.75 Å². The molecule has 1 aliphatic rings. The maximum Gasteiger partial charge on any atom is 0.270 e. The molecule has 0 unspecified atom stereocenters. The minimum atomic E-state index is -1.46. The predicted octanol–water partition coefficient (Wildman–Crippen LogP) is 7.16. The number of nitrogens with one attached hydrogen (secondary N) is 2. The van der Waals surface area contributed by atoms with Gasteiger partial charge in [-0.25, -0.2) is 4.99 Å². The Morgan fingerprint density at radius 1 is 1.00 bits per heavy atom. The van der Waals surface area contributed by atoms with Gasteiger partial charge in [0.25, 0.3) is 5.91 Å². The van der Waals surface area contributed by atoms with Crippen molar-refractivity contribution in [1.82, 2.24) is 5.43 Å². The average molecular weight is 669 g/mol. The van der Waals surface area contributed by atoms with Gasteiger partial charge in [0, 0.05) is 45.1 Å². The minimum Gasteiger partial charge on any atom is -0.494 e. The quantitative estimate of drug-likeness (QED) is 0.117. The van der Waals surface area contributed by atoms with Crippen molar-refractivity contribution in [2.45, 2.75) is 24.5 Å². The summed E-state index contributed by atoms with van der Waals surface area (Å²) in [6, 6.07) is 29.4. The molecule has 2 atom stereocenters. The zero-order chi connectivity index (χ0) is 29.5. The molecule has 0 bridgehead atoms.